The van der Waals surface area contributed by atoms with Crippen molar-refractivity contribution in [2.75, 3.05) is 0 Å². The Morgan fingerprint density at radius 2 is 1.66 bits per heavy atom. The average Bonchev–Trinajstić information content (AvgIpc) is 3.16. The molecule has 8 nitrogen and oxygen atoms in total. The van der Waals surface area contributed by atoms with Crippen LogP contribution in [0.15, 0.2) is 48.5 Å². The first-order valence-electron chi connectivity index (χ1n) is 11.5. The number of fused-ring (bicyclic) bond motifs is 1. The predicted molar refractivity (Wildman–Crippen MR) is 131 cm³/mol. The number of aromatic nitrogens is 1. The number of unbranched alkanes of at least 4 members (excludes halogenated alkanes) is 2. The van der Waals surface area contributed by atoms with E-state index in [0.29, 0.717) is 23.9 Å². The van der Waals surface area contributed by atoms with Crippen LogP contribution in [0.3, 0.4) is 0 Å². The first-order chi connectivity index (χ1) is 16.7. The molecule has 3 aromatic rings. The molecular formula is C26H29FN4O4. The van der Waals surface area contributed by atoms with Gasteiger partial charge in [-0.3, -0.25) is 15.0 Å². The quantitative estimate of drug-likeness (QED) is 0.144. The molecular weight excluding hydrogens is 451 g/mol. The normalized spacial score (nSPS) is 11.8. The Morgan fingerprint density at radius 3 is 2.31 bits per heavy atom. The standard InChI is InChI=1S/C26H29FN4O4/c27-23-19-7-4-5-8-20(19)30-24(23)25(33)31-21(26(34)35)15-17-12-10-16(11-13-17)14-18(32)6-2-1-3-9-22(28)29/h4-5,7-8,10-13,21,30H,1-3,6,9,14-15H2,(H3,28,29)(H,31,33)(H,34,35)/t21-/m0/s1. The van der Waals surface area contributed by atoms with Crippen LogP contribution in [0, 0.1) is 11.2 Å². The van der Waals surface area contributed by atoms with E-state index in [0.717, 1.165) is 24.8 Å². The first kappa shape index (κ1) is 25.6. The van der Waals surface area contributed by atoms with Gasteiger partial charge in [-0.2, -0.15) is 0 Å². The van der Waals surface area contributed by atoms with E-state index in [4.69, 9.17) is 11.1 Å². The van der Waals surface area contributed by atoms with Crippen LogP contribution in [-0.4, -0.2) is 39.6 Å². The molecule has 1 heterocycles. The molecule has 0 saturated heterocycles. The predicted octanol–water partition coefficient (Wildman–Crippen LogP) is 3.73. The van der Waals surface area contributed by atoms with Gasteiger partial charge in [-0.1, -0.05) is 42.8 Å². The summed E-state index contributed by atoms with van der Waals surface area (Å²) in [5, 5.41) is 19.4. The van der Waals surface area contributed by atoms with Crippen molar-refractivity contribution in [3.63, 3.8) is 0 Å². The van der Waals surface area contributed by atoms with Gasteiger partial charge in [-0.25, -0.2) is 9.18 Å². The zero-order chi connectivity index (χ0) is 25.4. The van der Waals surface area contributed by atoms with E-state index >= 15 is 0 Å². The van der Waals surface area contributed by atoms with Crippen LogP contribution in [0.5, 0.6) is 0 Å². The molecule has 0 aliphatic carbocycles. The summed E-state index contributed by atoms with van der Waals surface area (Å²) >= 11 is 0. The van der Waals surface area contributed by atoms with Crippen LogP contribution in [0.4, 0.5) is 4.39 Å². The van der Waals surface area contributed by atoms with Crippen molar-refractivity contribution in [1.82, 2.24) is 10.3 Å². The molecule has 1 aromatic heterocycles. The lowest BCUT2D eigenvalue weighted by Gasteiger charge is -2.14. The van der Waals surface area contributed by atoms with Gasteiger partial charge in [-0.15, -0.1) is 0 Å². The number of amidine groups is 1. The average molecular weight is 481 g/mol. The number of amides is 1. The molecule has 1 amide bonds. The molecule has 6 N–H and O–H groups in total. The lowest BCUT2D eigenvalue weighted by atomic mass is 10.00. The number of rotatable bonds is 13. The summed E-state index contributed by atoms with van der Waals surface area (Å²) in [5.41, 5.74) is 6.93. The maximum atomic E-state index is 14.6. The van der Waals surface area contributed by atoms with E-state index in [1.165, 1.54) is 6.07 Å². The molecule has 184 valence electrons. The van der Waals surface area contributed by atoms with Crippen LogP contribution in [0.1, 0.15) is 53.7 Å². The van der Waals surface area contributed by atoms with E-state index in [9.17, 15) is 23.9 Å². The molecule has 0 aliphatic rings. The molecule has 0 saturated carbocycles. The monoisotopic (exact) mass is 480 g/mol. The minimum atomic E-state index is -1.25. The molecule has 3 rings (SSSR count). The topological polar surface area (TPSA) is 149 Å². The summed E-state index contributed by atoms with van der Waals surface area (Å²) in [6.45, 7) is 0. The number of para-hydroxylation sites is 1. The molecule has 1 atom stereocenters. The van der Waals surface area contributed by atoms with Gasteiger partial charge in [0.2, 0.25) is 0 Å². The van der Waals surface area contributed by atoms with Gasteiger partial charge >= 0.3 is 5.97 Å². The van der Waals surface area contributed by atoms with Gasteiger partial charge in [0.1, 0.15) is 17.5 Å². The SMILES string of the molecule is N=C(N)CCCCCC(=O)Cc1ccc(C[C@H](NC(=O)c2[nH]c3ccccc3c2F)C(=O)O)cc1. The number of hydrogen-bond acceptors (Lipinski definition) is 4. The maximum Gasteiger partial charge on any atom is 0.326 e. The second-order valence-electron chi connectivity index (χ2n) is 8.55. The van der Waals surface area contributed by atoms with Crippen LogP contribution in [-0.2, 0) is 22.4 Å². The number of Topliss-reactive ketones (excluding diaryl/α,β-unsaturated/α-hetero) is 1. The highest BCUT2D eigenvalue weighted by molar-refractivity contribution is 6.00. The Labute approximate surface area is 202 Å². The van der Waals surface area contributed by atoms with Gasteiger partial charge in [0, 0.05) is 36.6 Å². The van der Waals surface area contributed by atoms with Gasteiger partial charge in [0.05, 0.1) is 5.84 Å². The Bertz CT molecular complexity index is 1220. The van der Waals surface area contributed by atoms with Crippen molar-refractivity contribution in [3.8, 4) is 0 Å². The molecule has 0 radical (unpaired) electrons. The van der Waals surface area contributed by atoms with Gasteiger partial charge < -0.3 is 21.1 Å². The number of benzene rings is 2. The van der Waals surface area contributed by atoms with Crippen molar-refractivity contribution in [3.05, 3.63) is 71.2 Å². The van der Waals surface area contributed by atoms with Crippen molar-refractivity contribution >= 4 is 34.4 Å². The van der Waals surface area contributed by atoms with Gasteiger partial charge in [0.25, 0.3) is 5.91 Å². The molecule has 9 heteroatoms. The van der Waals surface area contributed by atoms with Crippen molar-refractivity contribution in [1.29, 1.82) is 5.41 Å². The van der Waals surface area contributed by atoms with Crippen molar-refractivity contribution in [2.24, 2.45) is 5.73 Å². The number of hydrogen-bond donors (Lipinski definition) is 5. The Kier molecular flexibility index (Phi) is 8.72. The number of carbonyl (C=O) groups excluding carboxylic acids is 2. The number of carboxylic acids is 1. The Morgan fingerprint density at radius 1 is 1.00 bits per heavy atom. The Balaban J connectivity index is 1.55. The number of ketones is 1. The van der Waals surface area contributed by atoms with Crippen molar-refractivity contribution < 1.29 is 23.9 Å². The molecule has 35 heavy (non-hydrogen) atoms. The van der Waals surface area contributed by atoms with Crippen LogP contribution < -0.4 is 11.1 Å². The maximum absolute atomic E-state index is 14.6. The summed E-state index contributed by atoms with van der Waals surface area (Å²) in [6.07, 6.45) is 3.68. The minimum absolute atomic E-state index is 0.00724. The van der Waals surface area contributed by atoms with E-state index in [-0.39, 0.29) is 35.5 Å². The summed E-state index contributed by atoms with van der Waals surface area (Å²) in [7, 11) is 0. The lowest BCUT2D eigenvalue weighted by Crippen LogP contribution is -2.42. The van der Waals surface area contributed by atoms with Crippen LogP contribution in [0.2, 0.25) is 0 Å². The van der Waals surface area contributed by atoms with Crippen LogP contribution >= 0.6 is 0 Å². The van der Waals surface area contributed by atoms with Crippen molar-refractivity contribution in [2.45, 2.75) is 51.0 Å². The number of H-pyrrole nitrogens is 1. The van der Waals surface area contributed by atoms with E-state index in [1.54, 1.807) is 42.5 Å². The molecule has 0 unspecified atom stereocenters. The Hall–Kier alpha value is -4.01. The van der Waals surface area contributed by atoms with Gasteiger partial charge in [0.15, 0.2) is 5.82 Å². The summed E-state index contributed by atoms with van der Waals surface area (Å²) < 4.78 is 14.6. The third-order valence-corrected chi connectivity index (χ3v) is 5.74. The number of aliphatic carboxylic acids is 1. The number of halogens is 1. The highest BCUT2D eigenvalue weighted by atomic mass is 19.1. The minimum Gasteiger partial charge on any atom is -0.480 e. The number of carbonyl (C=O) groups is 3. The zero-order valence-corrected chi connectivity index (χ0v) is 19.3. The number of nitrogens with two attached hydrogens (primary N) is 1. The van der Waals surface area contributed by atoms with E-state index in [1.807, 2.05) is 0 Å². The third-order valence-electron chi connectivity index (χ3n) is 5.74. The second-order valence-corrected chi connectivity index (χ2v) is 8.55. The fraction of sp³-hybridized carbons (Fsp3) is 0.308. The number of aromatic amines is 1. The molecule has 0 spiro atoms. The third kappa shape index (κ3) is 7.23. The zero-order valence-electron chi connectivity index (χ0n) is 19.3. The highest BCUT2D eigenvalue weighted by Gasteiger charge is 2.25. The number of nitrogens with one attached hydrogen (secondary N) is 3. The fourth-order valence-corrected chi connectivity index (χ4v) is 3.85. The summed E-state index contributed by atoms with van der Waals surface area (Å²) in [4.78, 5) is 39.2. The molecule has 0 fully saturated rings. The summed E-state index contributed by atoms with van der Waals surface area (Å²) in [5.74, 6) is -2.53. The highest BCUT2D eigenvalue weighted by Crippen LogP contribution is 2.20. The molecule has 0 aliphatic heterocycles. The van der Waals surface area contributed by atoms with E-state index in [2.05, 4.69) is 10.3 Å². The van der Waals surface area contributed by atoms with Crippen LogP contribution in [0.25, 0.3) is 10.9 Å². The lowest BCUT2D eigenvalue weighted by molar-refractivity contribution is -0.139. The smallest absolute Gasteiger partial charge is 0.326 e. The van der Waals surface area contributed by atoms with Gasteiger partial charge in [-0.05, 0) is 36.1 Å². The second kappa shape index (κ2) is 11.9. The molecule has 2 aromatic carbocycles. The number of carboxylic acid groups (broad SMARTS) is 1. The van der Waals surface area contributed by atoms with E-state index < -0.39 is 23.7 Å². The largest absolute Gasteiger partial charge is 0.480 e. The molecule has 0 bridgehead atoms. The summed E-state index contributed by atoms with van der Waals surface area (Å²) in [6, 6.07) is 12.2. The first-order valence-corrected chi connectivity index (χ1v) is 11.5. The fourth-order valence-electron chi connectivity index (χ4n) is 3.85.